The molecule has 3 rings (SSSR count). The Morgan fingerprint density at radius 1 is 1.36 bits per heavy atom. The number of fused-ring (bicyclic) bond motifs is 1. The van der Waals surface area contributed by atoms with E-state index in [1.54, 1.807) is 0 Å². The van der Waals surface area contributed by atoms with Crippen LogP contribution < -0.4 is 5.32 Å². The van der Waals surface area contributed by atoms with Gasteiger partial charge in [-0.25, -0.2) is 0 Å². The Kier molecular flexibility index (Phi) is 5.25. The number of nitrogens with zero attached hydrogens (tertiary/aromatic N) is 4. The van der Waals surface area contributed by atoms with E-state index in [2.05, 4.69) is 15.4 Å². The minimum Gasteiger partial charge on any atom is -0.390 e. The average Bonchev–Trinajstić information content (AvgIpc) is 3.20. The second kappa shape index (κ2) is 7.58. The standard InChI is InChI=1S/C15H14ClN5O3S/c16-12-10-5-1-2-6-11(10)25-13(12)14(22)17-7-3-4-8-20-9-18-15(19-20)21(23)24/h1-2,5-6,9H,3-4,7-8H2,(H,17,22). The number of rotatable bonds is 7. The van der Waals surface area contributed by atoms with Crippen LogP contribution >= 0.6 is 22.9 Å². The van der Waals surface area contributed by atoms with E-state index in [1.807, 2.05) is 24.3 Å². The topological polar surface area (TPSA) is 103 Å². The average molecular weight is 380 g/mol. The summed E-state index contributed by atoms with van der Waals surface area (Å²) < 4.78 is 2.40. The SMILES string of the molecule is O=C(NCCCCn1cnc([N+](=O)[O-])n1)c1sc2ccccc2c1Cl. The molecule has 0 aliphatic carbocycles. The van der Waals surface area contributed by atoms with Crippen molar-refractivity contribution in [2.24, 2.45) is 0 Å². The number of amides is 1. The van der Waals surface area contributed by atoms with Crippen LogP contribution in [0.1, 0.15) is 22.5 Å². The number of hydrogen-bond donors (Lipinski definition) is 1. The number of nitrogens with one attached hydrogen (secondary N) is 1. The Bertz CT molecular complexity index is 923. The minimum atomic E-state index is -0.633. The number of aromatic nitrogens is 3. The molecule has 0 bridgehead atoms. The van der Waals surface area contributed by atoms with Crippen molar-refractivity contribution in [2.75, 3.05) is 6.54 Å². The molecule has 0 aliphatic heterocycles. The van der Waals surface area contributed by atoms with Crippen LogP contribution in [0.3, 0.4) is 0 Å². The number of thiophene rings is 1. The molecule has 1 N–H and O–H groups in total. The molecule has 0 radical (unpaired) electrons. The Hall–Kier alpha value is -2.52. The van der Waals surface area contributed by atoms with Crippen molar-refractivity contribution in [3.8, 4) is 0 Å². The third-order valence-corrected chi connectivity index (χ3v) is 5.20. The van der Waals surface area contributed by atoms with E-state index in [1.165, 1.54) is 22.3 Å². The molecule has 3 aromatic rings. The van der Waals surface area contributed by atoms with Gasteiger partial charge >= 0.3 is 5.95 Å². The molecule has 0 saturated carbocycles. The maximum absolute atomic E-state index is 12.3. The van der Waals surface area contributed by atoms with Gasteiger partial charge in [0.15, 0.2) is 0 Å². The zero-order valence-electron chi connectivity index (χ0n) is 13.0. The van der Waals surface area contributed by atoms with E-state index in [0.717, 1.165) is 10.1 Å². The monoisotopic (exact) mass is 379 g/mol. The van der Waals surface area contributed by atoms with Gasteiger partial charge in [0.25, 0.3) is 5.91 Å². The molecule has 25 heavy (non-hydrogen) atoms. The maximum atomic E-state index is 12.3. The first-order valence-corrected chi connectivity index (χ1v) is 8.75. The van der Waals surface area contributed by atoms with Gasteiger partial charge in [-0.05, 0) is 23.8 Å². The zero-order chi connectivity index (χ0) is 17.8. The summed E-state index contributed by atoms with van der Waals surface area (Å²) in [5.74, 6) is -0.602. The van der Waals surface area contributed by atoms with E-state index in [0.29, 0.717) is 35.8 Å². The molecule has 0 aliphatic rings. The van der Waals surface area contributed by atoms with Crippen molar-refractivity contribution in [1.29, 1.82) is 0 Å². The summed E-state index contributed by atoms with van der Waals surface area (Å²) in [5, 5.41) is 18.4. The van der Waals surface area contributed by atoms with Crippen molar-refractivity contribution < 1.29 is 9.72 Å². The molecule has 10 heteroatoms. The zero-order valence-corrected chi connectivity index (χ0v) is 14.6. The Balaban J connectivity index is 1.47. The van der Waals surface area contributed by atoms with Crippen LogP contribution in [0.25, 0.3) is 10.1 Å². The number of halogens is 1. The molecule has 0 unspecified atom stereocenters. The first kappa shape index (κ1) is 17.3. The normalized spacial score (nSPS) is 10.9. The van der Waals surface area contributed by atoms with Gasteiger partial charge in [-0.3, -0.25) is 4.79 Å². The molecule has 1 amide bonds. The van der Waals surface area contributed by atoms with Gasteiger partial charge in [0, 0.05) is 21.7 Å². The highest BCUT2D eigenvalue weighted by molar-refractivity contribution is 7.21. The second-order valence-electron chi connectivity index (χ2n) is 5.27. The maximum Gasteiger partial charge on any atom is 0.490 e. The first-order chi connectivity index (χ1) is 12.1. The van der Waals surface area contributed by atoms with E-state index >= 15 is 0 Å². The lowest BCUT2D eigenvalue weighted by Crippen LogP contribution is -2.24. The largest absolute Gasteiger partial charge is 0.490 e. The molecule has 0 fully saturated rings. The van der Waals surface area contributed by atoms with Crippen molar-refractivity contribution in [1.82, 2.24) is 20.1 Å². The molecule has 2 heterocycles. The number of benzene rings is 1. The van der Waals surface area contributed by atoms with Crippen LogP contribution in [-0.4, -0.2) is 32.1 Å². The van der Waals surface area contributed by atoms with Crippen LogP contribution in [0.15, 0.2) is 30.6 Å². The Labute approximate surface area is 151 Å². The fraction of sp³-hybridized carbons (Fsp3) is 0.267. The molecule has 0 spiro atoms. The van der Waals surface area contributed by atoms with Gasteiger partial charge in [0.05, 0.1) is 11.6 Å². The second-order valence-corrected chi connectivity index (χ2v) is 6.70. The lowest BCUT2D eigenvalue weighted by atomic mass is 10.2. The number of aryl methyl sites for hydroxylation is 1. The number of carbonyl (C=O) groups excluding carboxylic acids is 1. The highest BCUT2D eigenvalue weighted by Crippen LogP contribution is 2.34. The smallest absolute Gasteiger partial charge is 0.390 e. The van der Waals surface area contributed by atoms with E-state index < -0.39 is 10.9 Å². The Morgan fingerprint density at radius 3 is 2.88 bits per heavy atom. The number of nitro groups is 1. The molecule has 2 aromatic heterocycles. The van der Waals surface area contributed by atoms with Crippen molar-refractivity contribution in [2.45, 2.75) is 19.4 Å². The van der Waals surface area contributed by atoms with Gasteiger partial charge in [0.1, 0.15) is 4.88 Å². The van der Waals surface area contributed by atoms with E-state index in [-0.39, 0.29) is 5.91 Å². The third kappa shape index (κ3) is 3.94. The molecule has 130 valence electrons. The van der Waals surface area contributed by atoms with Gasteiger partial charge in [0.2, 0.25) is 6.33 Å². The van der Waals surface area contributed by atoms with Crippen LogP contribution in [0.2, 0.25) is 5.02 Å². The van der Waals surface area contributed by atoms with E-state index in [4.69, 9.17) is 11.6 Å². The number of hydrogen-bond acceptors (Lipinski definition) is 6. The molecule has 0 atom stereocenters. The van der Waals surface area contributed by atoms with Crippen LogP contribution in [0.4, 0.5) is 5.95 Å². The summed E-state index contributed by atoms with van der Waals surface area (Å²) in [6.07, 6.45) is 2.75. The van der Waals surface area contributed by atoms with Crippen molar-refractivity contribution in [3.63, 3.8) is 0 Å². The predicted octanol–water partition coefficient (Wildman–Crippen LogP) is 3.26. The fourth-order valence-electron chi connectivity index (χ4n) is 2.32. The highest BCUT2D eigenvalue weighted by Gasteiger charge is 2.16. The minimum absolute atomic E-state index is 0.192. The molecular weight excluding hydrogens is 366 g/mol. The van der Waals surface area contributed by atoms with Gasteiger partial charge in [-0.1, -0.05) is 34.8 Å². The first-order valence-electron chi connectivity index (χ1n) is 7.55. The molecule has 8 nitrogen and oxygen atoms in total. The lowest BCUT2D eigenvalue weighted by molar-refractivity contribution is -0.394. The van der Waals surface area contributed by atoms with Gasteiger partial charge in [-0.15, -0.1) is 11.3 Å². The van der Waals surface area contributed by atoms with Crippen LogP contribution in [0, 0.1) is 10.1 Å². The molecule has 1 aromatic carbocycles. The third-order valence-electron chi connectivity index (χ3n) is 3.53. The summed E-state index contributed by atoms with van der Waals surface area (Å²) in [7, 11) is 0. The quantitative estimate of drug-likeness (QED) is 0.385. The van der Waals surface area contributed by atoms with Crippen molar-refractivity contribution in [3.05, 3.63) is 50.6 Å². The lowest BCUT2D eigenvalue weighted by Gasteiger charge is -2.03. The fourth-order valence-corrected chi connectivity index (χ4v) is 3.75. The molecule has 0 saturated heterocycles. The Morgan fingerprint density at radius 2 is 2.16 bits per heavy atom. The summed E-state index contributed by atoms with van der Waals surface area (Å²) in [4.78, 5) is 26.2. The van der Waals surface area contributed by atoms with E-state index in [9.17, 15) is 14.9 Å². The predicted molar refractivity (Wildman–Crippen MR) is 95.1 cm³/mol. The summed E-state index contributed by atoms with van der Waals surface area (Å²) in [5.41, 5.74) is 0. The number of carbonyl (C=O) groups is 1. The van der Waals surface area contributed by atoms with Crippen molar-refractivity contribution >= 4 is 44.9 Å². The number of unbranched alkanes of at least 4 members (excludes halogenated alkanes) is 1. The van der Waals surface area contributed by atoms with Crippen LogP contribution in [0.5, 0.6) is 0 Å². The summed E-state index contributed by atoms with van der Waals surface area (Å²) in [6.45, 7) is 0.987. The highest BCUT2D eigenvalue weighted by atomic mass is 35.5. The van der Waals surface area contributed by atoms with Gasteiger partial charge < -0.3 is 15.4 Å². The summed E-state index contributed by atoms with van der Waals surface area (Å²) in [6, 6.07) is 7.62. The molecular formula is C15H14ClN5O3S. The summed E-state index contributed by atoms with van der Waals surface area (Å²) >= 11 is 7.64. The van der Waals surface area contributed by atoms with Crippen LogP contribution in [-0.2, 0) is 6.54 Å². The van der Waals surface area contributed by atoms with Gasteiger partial charge in [-0.2, -0.15) is 4.68 Å².